The molecule has 0 aliphatic rings. The number of hydrogen-bond acceptors (Lipinski definition) is 5. The Morgan fingerprint density at radius 2 is 1.92 bits per heavy atom. The van der Waals surface area contributed by atoms with Gasteiger partial charge in [-0.05, 0) is 12.1 Å². The molecule has 2 heterocycles. The molecule has 0 aliphatic heterocycles. The first-order valence-corrected chi connectivity index (χ1v) is 6.77. The van der Waals surface area contributed by atoms with Gasteiger partial charge in [0.25, 0.3) is 11.1 Å². The van der Waals surface area contributed by atoms with Crippen LogP contribution in [0.5, 0.6) is 0 Å². The van der Waals surface area contributed by atoms with Crippen LogP contribution in [0, 0.1) is 5.82 Å². The molecular formula is C15H11FN4O4. The molecule has 8 nitrogen and oxygen atoms in total. The fourth-order valence-electron chi connectivity index (χ4n) is 2.17. The predicted octanol–water partition coefficient (Wildman–Crippen LogP) is 0.505. The molecule has 0 amide bonds. The summed E-state index contributed by atoms with van der Waals surface area (Å²) < 4.78 is 14.7. The van der Waals surface area contributed by atoms with Crippen LogP contribution in [0.15, 0.2) is 38.6 Å². The Bertz CT molecular complexity index is 1160. The number of benzene rings is 1. The lowest BCUT2D eigenvalue weighted by Crippen LogP contribution is -2.31. The van der Waals surface area contributed by atoms with Crippen molar-refractivity contribution in [2.45, 2.75) is 0 Å². The largest absolute Gasteiger partial charge is 0.507 e. The fourth-order valence-corrected chi connectivity index (χ4v) is 2.17. The molecule has 3 aromatic rings. The molecule has 122 valence electrons. The highest BCUT2D eigenvalue weighted by molar-refractivity contribution is 5.77. The fraction of sp³-hybridized carbons (Fsp3) is 0.0667. The van der Waals surface area contributed by atoms with E-state index in [4.69, 9.17) is 0 Å². The number of rotatable bonds is 2. The van der Waals surface area contributed by atoms with Gasteiger partial charge in [0.2, 0.25) is 0 Å². The molecule has 2 aromatic heterocycles. The molecule has 9 heteroatoms. The number of nitrogens with one attached hydrogen (secondary N) is 2. The number of hydrogen-bond donors (Lipinski definition) is 3. The maximum Gasteiger partial charge on any atom is 0.329 e. The van der Waals surface area contributed by atoms with E-state index in [0.717, 1.165) is 16.7 Å². The molecule has 0 saturated heterocycles. The number of aromatic nitrogens is 4. The van der Waals surface area contributed by atoms with Crippen molar-refractivity contribution in [3.63, 3.8) is 0 Å². The molecule has 0 atom stereocenters. The lowest BCUT2D eigenvalue weighted by molar-refractivity contribution is 0.505. The monoisotopic (exact) mass is 330 g/mol. The SMILES string of the molecule is Cn1c(=O)[nH]c(=O)c2nc(C=C(O)c3ccccc3F)c(=O)[nH]c21. The van der Waals surface area contributed by atoms with Crippen LogP contribution in [0.25, 0.3) is 23.0 Å². The molecule has 0 spiro atoms. The van der Waals surface area contributed by atoms with E-state index in [1.807, 2.05) is 4.98 Å². The first-order valence-electron chi connectivity index (χ1n) is 6.77. The summed E-state index contributed by atoms with van der Waals surface area (Å²) in [6.45, 7) is 0. The van der Waals surface area contributed by atoms with E-state index in [0.29, 0.717) is 0 Å². The van der Waals surface area contributed by atoms with Gasteiger partial charge in [-0.25, -0.2) is 14.2 Å². The second-order valence-electron chi connectivity index (χ2n) is 4.98. The Balaban J connectivity index is 2.25. The quantitative estimate of drug-likeness (QED) is 0.591. The molecule has 0 unspecified atom stereocenters. The second-order valence-corrected chi connectivity index (χ2v) is 4.98. The Morgan fingerprint density at radius 3 is 2.62 bits per heavy atom. The van der Waals surface area contributed by atoms with E-state index in [-0.39, 0.29) is 22.4 Å². The number of aliphatic hydroxyl groups excluding tert-OH is 1. The van der Waals surface area contributed by atoms with Gasteiger partial charge in [0.15, 0.2) is 5.52 Å². The highest BCUT2D eigenvalue weighted by atomic mass is 19.1. The van der Waals surface area contributed by atoms with Crippen molar-refractivity contribution in [3.05, 3.63) is 72.5 Å². The van der Waals surface area contributed by atoms with Gasteiger partial charge < -0.3 is 10.1 Å². The number of fused-ring (bicyclic) bond motifs is 1. The highest BCUT2D eigenvalue weighted by Gasteiger charge is 2.12. The molecule has 0 radical (unpaired) electrons. The van der Waals surface area contributed by atoms with Crippen molar-refractivity contribution in [2.24, 2.45) is 7.05 Å². The van der Waals surface area contributed by atoms with E-state index in [1.165, 1.54) is 25.2 Å². The zero-order valence-electron chi connectivity index (χ0n) is 12.3. The molecular weight excluding hydrogens is 319 g/mol. The van der Waals surface area contributed by atoms with E-state index in [1.54, 1.807) is 0 Å². The zero-order chi connectivity index (χ0) is 17.4. The normalized spacial score (nSPS) is 11.8. The minimum absolute atomic E-state index is 0.0590. The van der Waals surface area contributed by atoms with Crippen molar-refractivity contribution < 1.29 is 9.50 Å². The summed E-state index contributed by atoms with van der Waals surface area (Å²) in [4.78, 5) is 43.7. The van der Waals surface area contributed by atoms with Gasteiger partial charge in [-0.1, -0.05) is 12.1 Å². The Hall–Kier alpha value is -3.49. The van der Waals surface area contributed by atoms with Crippen LogP contribution in [0.2, 0.25) is 0 Å². The number of aryl methyl sites for hydroxylation is 1. The molecule has 0 aliphatic carbocycles. The molecule has 3 N–H and O–H groups in total. The van der Waals surface area contributed by atoms with Gasteiger partial charge in [-0.15, -0.1) is 0 Å². The number of aliphatic hydroxyl groups is 1. The summed E-state index contributed by atoms with van der Waals surface area (Å²) in [5.74, 6) is -1.20. The zero-order valence-corrected chi connectivity index (χ0v) is 12.3. The van der Waals surface area contributed by atoms with E-state index in [9.17, 15) is 23.9 Å². The maximum absolute atomic E-state index is 13.7. The third-order valence-electron chi connectivity index (χ3n) is 3.42. The van der Waals surface area contributed by atoms with E-state index < -0.39 is 28.4 Å². The van der Waals surface area contributed by atoms with Gasteiger partial charge in [-0.2, -0.15) is 0 Å². The average Bonchev–Trinajstić information content (AvgIpc) is 2.54. The summed E-state index contributed by atoms with van der Waals surface area (Å²) in [5.41, 5.74) is -2.90. The summed E-state index contributed by atoms with van der Waals surface area (Å²) in [7, 11) is 1.35. The van der Waals surface area contributed by atoms with Crippen LogP contribution in [0.1, 0.15) is 11.3 Å². The van der Waals surface area contributed by atoms with Crippen LogP contribution >= 0.6 is 0 Å². The number of aromatic amines is 2. The number of H-pyrrole nitrogens is 2. The first-order chi connectivity index (χ1) is 11.4. The Kier molecular flexibility index (Phi) is 3.60. The van der Waals surface area contributed by atoms with Crippen molar-refractivity contribution in [1.29, 1.82) is 0 Å². The van der Waals surface area contributed by atoms with E-state index >= 15 is 0 Å². The predicted molar refractivity (Wildman–Crippen MR) is 85.1 cm³/mol. The summed E-state index contributed by atoms with van der Waals surface area (Å²) in [5, 5.41) is 10.0. The van der Waals surface area contributed by atoms with Gasteiger partial charge in [0, 0.05) is 13.1 Å². The Morgan fingerprint density at radius 1 is 1.21 bits per heavy atom. The van der Waals surface area contributed by atoms with Gasteiger partial charge >= 0.3 is 5.69 Å². The average molecular weight is 330 g/mol. The topological polar surface area (TPSA) is 121 Å². The minimum Gasteiger partial charge on any atom is -0.507 e. The summed E-state index contributed by atoms with van der Waals surface area (Å²) in [6.07, 6.45) is 0.946. The van der Waals surface area contributed by atoms with Crippen LogP contribution < -0.4 is 16.8 Å². The molecule has 0 bridgehead atoms. The minimum atomic E-state index is -0.788. The van der Waals surface area contributed by atoms with Gasteiger partial charge in [0.05, 0.1) is 5.56 Å². The van der Waals surface area contributed by atoms with Gasteiger partial charge in [0.1, 0.15) is 22.9 Å². The van der Waals surface area contributed by atoms with Crippen molar-refractivity contribution >= 4 is 23.0 Å². The van der Waals surface area contributed by atoms with Crippen LogP contribution in [-0.2, 0) is 7.05 Å². The van der Waals surface area contributed by atoms with Crippen LogP contribution in [0.3, 0.4) is 0 Å². The lowest BCUT2D eigenvalue weighted by Gasteiger charge is -2.04. The third kappa shape index (κ3) is 2.51. The van der Waals surface area contributed by atoms with Crippen LogP contribution in [-0.4, -0.2) is 24.6 Å². The van der Waals surface area contributed by atoms with Crippen LogP contribution in [0.4, 0.5) is 4.39 Å². The molecule has 24 heavy (non-hydrogen) atoms. The molecule has 1 aromatic carbocycles. The number of nitrogens with zero attached hydrogens (tertiary/aromatic N) is 2. The highest BCUT2D eigenvalue weighted by Crippen LogP contribution is 2.17. The second kappa shape index (κ2) is 5.61. The first kappa shape index (κ1) is 15.4. The standard InChI is InChI=1S/C15H11FN4O4/c1-20-12-11(14(23)19-15(20)24)17-9(13(22)18-12)6-10(21)7-4-2-3-5-8(7)16/h2-6,21H,1H3,(H,18,22)(H,19,23,24). The third-order valence-corrected chi connectivity index (χ3v) is 3.42. The Labute approximate surface area is 132 Å². The lowest BCUT2D eigenvalue weighted by atomic mass is 10.1. The van der Waals surface area contributed by atoms with E-state index in [2.05, 4.69) is 9.97 Å². The molecule has 3 rings (SSSR count). The molecule has 0 fully saturated rings. The summed E-state index contributed by atoms with van der Waals surface area (Å²) >= 11 is 0. The van der Waals surface area contributed by atoms with Crippen molar-refractivity contribution in [1.82, 2.24) is 19.5 Å². The maximum atomic E-state index is 13.7. The van der Waals surface area contributed by atoms with Crippen molar-refractivity contribution in [3.8, 4) is 0 Å². The summed E-state index contributed by atoms with van der Waals surface area (Å²) in [6, 6.07) is 5.44. The number of halogens is 1. The van der Waals surface area contributed by atoms with Gasteiger partial charge in [-0.3, -0.25) is 19.1 Å². The smallest absolute Gasteiger partial charge is 0.329 e. The van der Waals surface area contributed by atoms with Crippen molar-refractivity contribution in [2.75, 3.05) is 0 Å². The molecule has 0 saturated carbocycles.